The highest BCUT2D eigenvalue weighted by molar-refractivity contribution is 5.77. The number of rotatable bonds is 3. The Hall–Kier alpha value is -1.34. The number of carbonyl (C=O) groups is 2. The van der Waals surface area contributed by atoms with Crippen LogP contribution in [0.3, 0.4) is 0 Å². The van der Waals surface area contributed by atoms with Crippen LogP contribution in [0.15, 0.2) is 0 Å². The average molecular weight is 243 g/mol. The summed E-state index contributed by atoms with van der Waals surface area (Å²) in [5.74, 6) is -1.22. The second kappa shape index (κ2) is 4.15. The van der Waals surface area contributed by atoms with E-state index in [4.69, 9.17) is 5.11 Å². The van der Waals surface area contributed by atoms with Crippen molar-refractivity contribution in [2.24, 2.45) is 0 Å². The first-order valence-electron chi connectivity index (χ1n) is 5.63. The number of aliphatic carboxylic acids is 1. The van der Waals surface area contributed by atoms with E-state index in [9.17, 15) is 14.7 Å². The van der Waals surface area contributed by atoms with Gasteiger partial charge in [0.25, 0.3) is 0 Å². The van der Waals surface area contributed by atoms with E-state index in [0.29, 0.717) is 26.2 Å². The van der Waals surface area contributed by atoms with Gasteiger partial charge in [-0.25, -0.2) is 9.59 Å². The van der Waals surface area contributed by atoms with Gasteiger partial charge >= 0.3 is 12.0 Å². The lowest BCUT2D eigenvalue weighted by Crippen LogP contribution is -2.56. The third kappa shape index (κ3) is 2.34. The monoisotopic (exact) mass is 243 g/mol. The van der Waals surface area contributed by atoms with Gasteiger partial charge in [-0.1, -0.05) is 0 Å². The zero-order chi connectivity index (χ0) is 12.6. The molecule has 0 spiro atoms. The van der Waals surface area contributed by atoms with E-state index in [1.807, 2.05) is 4.90 Å². The van der Waals surface area contributed by atoms with Crippen LogP contribution in [0.5, 0.6) is 0 Å². The van der Waals surface area contributed by atoms with Crippen LogP contribution < -0.4 is 5.32 Å². The van der Waals surface area contributed by atoms with Crippen LogP contribution in [-0.2, 0) is 4.79 Å². The summed E-state index contributed by atoms with van der Waals surface area (Å²) in [5.41, 5.74) is -1.74. The lowest BCUT2D eigenvalue weighted by molar-refractivity contribution is -0.159. The van der Waals surface area contributed by atoms with Crippen LogP contribution in [0.1, 0.15) is 6.92 Å². The SMILES string of the molecule is CC(O)(CN1CCN2C(=O)NCC2C1)C(=O)O. The van der Waals surface area contributed by atoms with Crippen molar-refractivity contribution in [3.05, 3.63) is 0 Å². The normalized spacial score (nSPS) is 28.5. The fourth-order valence-corrected chi connectivity index (χ4v) is 2.32. The van der Waals surface area contributed by atoms with E-state index in [-0.39, 0.29) is 18.6 Å². The molecular formula is C10H17N3O4. The number of hydrogen-bond donors (Lipinski definition) is 3. The number of hydrogen-bond acceptors (Lipinski definition) is 4. The van der Waals surface area contributed by atoms with Gasteiger partial charge in [-0.05, 0) is 6.92 Å². The third-order valence-electron chi connectivity index (χ3n) is 3.31. The second-order valence-electron chi connectivity index (χ2n) is 4.85. The van der Waals surface area contributed by atoms with E-state index < -0.39 is 11.6 Å². The number of nitrogens with zero attached hydrogens (tertiary/aromatic N) is 2. The fraction of sp³-hybridized carbons (Fsp3) is 0.800. The first kappa shape index (κ1) is 12.1. The molecule has 0 aromatic rings. The van der Waals surface area contributed by atoms with Gasteiger partial charge in [-0.2, -0.15) is 0 Å². The summed E-state index contributed by atoms with van der Waals surface area (Å²) in [7, 11) is 0. The Balaban J connectivity index is 1.94. The van der Waals surface area contributed by atoms with Crippen molar-refractivity contribution in [2.75, 3.05) is 32.7 Å². The van der Waals surface area contributed by atoms with Crippen molar-refractivity contribution in [2.45, 2.75) is 18.6 Å². The van der Waals surface area contributed by atoms with Gasteiger partial charge in [-0.3, -0.25) is 4.90 Å². The molecule has 7 heteroatoms. The molecule has 96 valence electrons. The summed E-state index contributed by atoms with van der Waals surface area (Å²) < 4.78 is 0. The van der Waals surface area contributed by atoms with E-state index in [0.717, 1.165) is 0 Å². The molecule has 2 aliphatic rings. The summed E-state index contributed by atoms with van der Waals surface area (Å²) >= 11 is 0. The predicted octanol–water partition coefficient (Wildman–Crippen LogP) is -1.47. The molecule has 0 aromatic carbocycles. The number of amides is 2. The molecule has 0 aliphatic carbocycles. The van der Waals surface area contributed by atoms with E-state index >= 15 is 0 Å². The molecule has 2 heterocycles. The zero-order valence-corrected chi connectivity index (χ0v) is 9.72. The van der Waals surface area contributed by atoms with Crippen molar-refractivity contribution in [3.63, 3.8) is 0 Å². The molecule has 0 radical (unpaired) electrons. The van der Waals surface area contributed by atoms with Crippen molar-refractivity contribution in [1.29, 1.82) is 0 Å². The smallest absolute Gasteiger partial charge is 0.336 e. The highest BCUT2D eigenvalue weighted by Crippen LogP contribution is 2.16. The number of carboxylic acids is 1. The van der Waals surface area contributed by atoms with E-state index in [2.05, 4.69) is 5.32 Å². The molecule has 0 bridgehead atoms. The van der Waals surface area contributed by atoms with Gasteiger partial charge in [0, 0.05) is 32.7 Å². The van der Waals surface area contributed by atoms with Gasteiger partial charge in [0.2, 0.25) is 0 Å². The van der Waals surface area contributed by atoms with Gasteiger partial charge in [0.15, 0.2) is 5.60 Å². The van der Waals surface area contributed by atoms with Gasteiger partial charge in [0.05, 0.1) is 6.04 Å². The average Bonchev–Trinajstić information content (AvgIpc) is 2.59. The lowest BCUT2D eigenvalue weighted by Gasteiger charge is -2.38. The molecule has 2 unspecified atom stereocenters. The minimum absolute atomic E-state index is 0.0559. The minimum Gasteiger partial charge on any atom is -0.479 e. The minimum atomic E-state index is -1.74. The third-order valence-corrected chi connectivity index (χ3v) is 3.31. The Morgan fingerprint density at radius 2 is 2.29 bits per heavy atom. The van der Waals surface area contributed by atoms with Crippen LogP contribution in [0, 0.1) is 0 Å². The van der Waals surface area contributed by atoms with Gasteiger partial charge in [-0.15, -0.1) is 0 Å². The summed E-state index contributed by atoms with van der Waals surface area (Å²) in [6.07, 6.45) is 0. The van der Waals surface area contributed by atoms with Gasteiger partial charge < -0.3 is 20.4 Å². The number of carbonyl (C=O) groups excluding carboxylic acids is 1. The summed E-state index contributed by atoms with van der Waals surface area (Å²) in [4.78, 5) is 25.8. The molecule has 0 saturated carbocycles. The molecular weight excluding hydrogens is 226 g/mol. The van der Waals surface area contributed by atoms with Crippen LogP contribution in [0.4, 0.5) is 4.79 Å². The van der Waals surface area contributed by atoms with Gasteiger partial charge in [0.1, 0.15) is 0 Å². The molecule has 2 rings (SSSR count). The molecule has 3 N–H and O–H groups in total. The molecule has 2 saturated heterocycles. The first-order chi connectivity index (χ1) is 7.90. The number of aliphatic hydroxyl groups is 1. The maximum atomic E-state index is 11.4. The highest BCUT2D eigenvalue weighted by Gasteiger charge is 2.39. The summed E-state index contributed by atoms with van der Waals surface area (Å²) in [5, 5.41) is 21.3. The predicted molar refractivity (Wildman–Crippen MR) is 58.6 cm³/mol. The topological polar surface area (TPSA) is 93.1 Å². The lowest BCUT2D eigenvalue weighted by atomic mass is 10.1. The highest BCUT2D eigenvalue weighted by atomic mass is 16.4. The van der Waals surface area contributed by atoms with Crippen molar-refractivity contribution >= 4 is 12.0 Å². The molecule has 7 nitrogen and oxygen atoms in total. The van der Waals surface area contributed by atoms with Crippen molar-refractivity contribution < 1.29 is 19.8 Å². The Labute approximate surface area is 99.0 Å². The maximum absolute atomic E-state index is 11.4. The Bertz CT molecular complexity index is 344. The molecule has 2 aliphatic heterocycles. The second-order valence-corrected chi connectivity index (χ2v) is 4.85. The Morgan fingerprint density at radius 3 is 2.94 bits per heavy atom. The zero-order valence-electron chi connectivity index (χ0n) is 9.72. The number of piperazine rings is 1. The number of nitrogens with one attached hydrogen (secondary N) is 1. The molecule has 0 aromatic heterocycles. The van der Waals surface area contributed by atoms with E-state index in [1.165, 1.54) is 6.92 Å². The summed E-state index contributed by atoms with van der Waals surface area (Å²) in [6.45, 7) is 3.73. The van der Waals surface area contributed by atoms with Crippen LogP contribution in [0.25, 0.3) is 0 Å². The maximum Gasteiger partial charge on any atom is 0.336 e. The first-order valence-corrected chi connectivity index (χ1v) is 5.63. The Morgan fingerprint density at radius 1 is 1.59 bits per heavy atom. The largest absolute Gasteiger partial charge is 0.479 e. The number of carboxylic acid groups (broad SMARTS) is 1. The van der Waals surface area contributed by atoms with Crippen molar-refractivity contribution in [3.8, 4) is 0 Å². The molecule has 2 fully saturated rings. The quantitative estimate of drug-likeness (QED) is 0.563. The number of β-amino-alcohol motifs (C(OH)–C–C–N with tert-alkyl or cyclic N) is 1. The van der Waals surface area contributed by atoms with Crippen LogP contribution in [0.2, 0.25) is 0 Å². The van der Waals surface area contributed by atoms with Crippen LogP contribution in [-0.4, -0.2) is 76.4 Å². The fourth-order valence-electron chi connectivity index (χ4n) is 2.32. The van der Waals surface area contributed by atoms with Crippen molar-refractivity contribution in [1.82, 2.24) is 15.1 Å². The van der Waals surface area contributed by atoms with Crippen LogP contribution >= 0.6 is 0 Å². The number of urea groups is 1. The summed E-state index contributed by atoms with van der Waals surface area (Å²) in [6, 6.07) is 0.0282. The molecule has 2 amide bonds. The molecule has 17 heavy (non-hydrogen) atoms. The standard InChI is InChI=1S/C10H17N3O4/c1-10(17,8(14)15)6-12-2-3-13-7(5-12)4-11-9(13)16/h7,17H,2-6H2,1H3,(H,11,16)(H,14,15). The van der Waals surface area contributed by atoms with E-state index in [1.54, 1.807) is 4.90 Å². The Kier molecular flexibility index (Phi) is 2.96. The molecule has 2 atom stereocenters. The number of fused-ring (bicyclic) bond motifs is 1.